The first-order valence-electron chi connectivity index (χ1n) is 6.87. The van der Waals surface area contributed by atoms with Crippen molar-refractivity contribution >= 4 is 35.6 Å². The van der Waals surface area contributed by atoms with E-state index in [9.17, 15) is 14.7 Å². The summed E-state index contributed by atoms with van der Waals surface area (Å²) in [7, 11) is 0. The maximum atomic E-state index is 12.0. The monoisotopic (exact) mass is 327 g/mol. The number of hydrogen-bond donors (Lipinski definition) is 4. The fourth-order valence-corrected chi connectivity index (χ4v) is 2.43. The van der Waals surface area contributed by atoms with Crippen molar-refractivity contribution in [3.05, 3.63) is 18.2 Å². The number of hydrogen-bond acceptors (Lipinski definition) is 5. The number of β-amino-alcohol motifs (C(OH)–C–C–N with tert-alkyl or cyclic N) is 1. The molecule has 3 rings (SSSR count). The minimum atomic E-state index is -0.526. The third kappa shape index (κ3) is 3.32. The van der Waals surface area contributed by atoms with Crippen LogP contribution < -0.4 is 20.7 Å². The van der Waals surface area contributed by atoms with Gasteiger partial charge in [0.05, 0.1) is 17.8 Å². The second kappa shape index (κ2) is 6.51. The molecule has 2 aliphatic rings. The average Bonchev–Trinajstić information content (AvgIpc) is 2.87. The molecule has 120 valence electrons. The van der Waals surface area contributed by atoms with Gasteiger partial charge in [0.25, 0.3) is 5.91 Å². The van der Waals surface area contributed by atoms with Crippen molar-refractivity contribution in [1.82, 2.24) is 5.32 Å². The summed E-state index contributed by atoms with van der Waals surface area (Å²) in [5, 5.41) is 17.9. The first kappa shape index (κ1) is 16.5. The van der Waals surface area contributed by atoms with Gasteiger partial charge in [-0.2, -0.15) is 0 Å². The number of benzene rings is 1. The van der Waals surface area contributed by atoms with Crippen molar-refractivity contribution < 1.29 is 19.4 Å². The summed E-state index contributed by atoms with van der Waals surface area (Å²) in [4.78, 5) is 23.6. The number of nitrogens with one attached hydrogen (secondary N) is 3. The van der Waals surface area contributed by atoms with E-state index >= 15 is 0 Å². The average molecular weight is 328 g/mol. The highest BCUT2D eigenvalue weighted by Gasteiger charge is 2.28. The van der Waals surface area contributed by atoms with Gasteiger partial charge in [0.15, 0.2) is 6.10 Å². The van der Waals surface area contributed by atoms with Gasteiger partial charge in [-0.1, -0.05) is 0 Å². The van der Waals surface area contributed by atoms with Gasteiger partial charge in [-0.15, -0.1) is 12.4 Å². The van der Waals surface area contributed by atoms with Crippen molar-refractivity contribution in [3.8, 4) is 5.75 Å². The Bertz CT molecular complexity index is 595. The number of rotatable bonds is 2. The quantitative estimate of drug-likeness (QED) is 0.633. The summed E-state index contributed by atoms with van der Waals surface area (Å²) < 4.78 is 5.45. The van der Waals surface area contributed by atoms with Gasteiger partial charge in [0.1, 0.15) is 5.75 Å². The zero-order valence-electron chi connectivity index (χ0n) is 12.0. The molecule has 1 saturated heterocycles. The van der Waals surface area contributed by atoms with E-state index in [1.807, 2.05) is 0 Å². The number of halogens is 1. The van der Waals surface area contributed by atoms with E-state index < -0.39 is 18.2 Å². The lowest BCUT2D eigenvalue weighted by molar-refractivity contribution is -0.122. The van der Waals surface area contributed by atoms with E-state index in [1.165, 1.54) is 0 Å². The summed E-state index contributed by atoms with van der Waals surface area (Å²) in [6.45, 7) is 2.09. The van der Waals surface area contributed by atoms with Crippen LogP contribution in [0.3, 0.4) is 0 Å². The number of carbonyl (C=O) groups is 2. The van der Waals surface area contributed by atoms with Gasteiger partial charge < -0.3 is 25.8 Å². The lowest BCUT2D eigenvalue weighted by Crippen LogP contribution is -2.36. The molecule has 0 saturated carbocycles. The number of ether oxygens (including phenoxy) is 1. The predicted octanol–water partition coefficient (Wildman–Crippen LogP) is 0.489. The van der Waals surface area contributed by atoms with Crippen molar-refractivity contribution in [2.45, 2.75) is 31.6 Å². The molecule has 3 atom stereocenters. The minimum absolute atomic E-state index is 0. The largest absolute Gasteiger partial charge is 0.479 e. The van der Waals surface area contributed by atoms with E-state index in [0.29, 0.717) is 30.1 Å². The minimum Gasteiger partial charge on any atom is -0.479 e. The van der Waals surface area contributed by atoms with Gasteiger partial charge in [0, 0.05) is 12.2 Å². The highest BCUT2D eigenvalue weighted by Crippen LogP contribution is 2.32. The van der Waals surface area contributed by atoms with Crippen LogP contribution in [0.2, 0.25) is 0 Å². The van der Waals surface area contributed by atoms with Gasteiger partial charge >= 0.3 is 0 Å². The van der Waals surface area contributed by atoms with Crippen LogP contribution in [-0.4, -0.2) is 41.7 Å². The Balaban J connectivity index is 0.00000176. The Hall–Kier alpha value is -1.83. The fourth-order valence-electron chi connectivity index (χ4n) is 2.43. The molecule has 2 amide bonds. The Morgan fingerprint density at radius 1 is 1.45 bits per heavy atom. The lowest BCUT2D eigenvalue weighted by Gasteiger charge is -2.23. The Morgan fingerprint density at radius 2 is 2.23 bits per heavy atom. The number of aliphatic hydroxyl groups is 1. The maximum Gasteiger partial charge on any atom is 0.265 e. The van der Waals surface area contributed by atoms with Crippen molar-refractivity contribution in [2.75, 3.05) is 17.2 Å². The van der Waals surface area contributed by atoms with Gasteiger partial charge in [-0.25, -0.2) is 0 Å². The standard InChI is InChI=1S/C14H17N3O4.ClH/c1-7-13(19)17-10-4-8(2-3-12(10)21-7)16-14(20)11-5-9(18)6-15-11;/h2-4,7,9,11,15,18H,5-6H2,1H3,(H,16,20)(H,17,19);1H. The van der Waals surface area contributed by atoms with Crippen LogP contribution in [-0.2, 0) is 9.59 Å². The van der Waals surface area contributed by atoms with Crippen LogP contribution in [0.4, 0.5) is 11.4 Å². The Kier molecular flexibility index (Phi) is 4.90. The molecular weight excluding hydrogens is 310 g/mol. The second-order valence-corrected chi connectivity index (χ2v) is 5.30. The third-order valence-electron chi connectivity index (χ3n) is 3.60. The number of anilines is 2. The van der Waals surface area contributed by atoms with Crippen LogP contribution in [0.5, 0.6) is 5.75 Å². The summed E-state index contributed by atoms with van der Waals surface area (Å²) in [5.74, 6) is 0.156. The van der Waals surface area contributed by atoms with Crippen molar-refractivity contribution in [2.24, 2.45) is 0 Å². The van der Waals surface area contributed by atoms with Gasteiger partial charge in [0.2, 0.25) is 5.91 Å². The lowest BCUT2D eigenvalue weighted by atomic mass is 10.1. The first-order chi connectivity index (χ1) is 10.0. The zero-order chi connectivity index (χ0) is 15.0. The highest BCUT2D eigenvalue weighted by atomic mass is 35.5. The highest BCUT2D eigenvalue weighted by molar-refractivity contribution is 6.00. The molecule has 2 heterocycles. The SMILES string of the molecule is CC1Oc2ccc(NC(=O)C3CC(O)CN3)cc2NC1=O.Cl. The summed E-state index contributed by atoms with van der Waals surface area (Å²) in [6.07, 6.45) is -0.616. The third-order valence-corrected chi connectivity index (χ3v) is 3.60. The van der Waals surface area contributed by atoms with E-state index in [2.05, 4.69) is 16.0 Å². The van der Waals surface area contributed by atoms with Crippen LogP contribution in [0.1, 0.15) is 13.3 Å². The van der Waals surface area contributed by atoms with Crippen LogP contribution in [0.15, 0.2) is 18.2 Å². The molecule has 7 nitrogen and oxygen atoms in total. The molecule has 2 aliphatic heterocycles. The molecule has 8 heteroatoms. The molecule has 0 spiro atoms. The Labute approximate surface area is 133 Å². The number of fused-ring (bicyclic) bond motifs is 1. The maximum absolute atomic E-state index is 12.0. The van der Waals surface area contributed by atoms with Gasteiger partial charge in [-0.3, -0.25) is 9.59 Å². The molecule has 0 aromatic heterocycles. The van der Waals surface area contributed by atoms with E-state index in [0.717, 1.165) is 0 Å². The van der Waals surface area contributed by atoms with E-state index in [1.54, 1.807) is 25.1 Å². The number of carbonyl (C=O) groups excluding carboxylic acids is 2. The van der Waals surface area contributed by atoms with Crippen LogP contribution in [0, 0.1) is 0 Å². The smallest absolute Gasteiger partial charge is 0.265 e. The molecule has 1 aromatic rings. The normalized spacial score (nSPS) is 26.3. The predicted molar refractivity (Wildman–Crippen MR) is 83.5 cm³/mol. The molecule has 1 aromatic carbocycles. The van der Waals surface area contributed by atoms with Crippen LogP contribution >= 0.6 is 12.4 Å². The summed E-state index contributed by atoms with van der Waals surface area (Å²) >= 11 is 0. The molecule has 0 radical (unpaired) electrons. The first-order valence-corrected chi connectivity index (χ1v) is 6.87. The molecule has 1 fully saturated rings. The van der Waals surface area contributed by atoms with Crippen molar-refractivity contribution in [1.29, 1.82) is 0 Å². The van der Waals surface area contributed by atoms with E-state index in [4.69, 9.17) is 4.74 Å². The topological polar surface area (TPSA) is 99.7 Å². The number of amides is 2. The molecule has 0 bridgehead atoms. The van der Waals surface area contributed by atoms with Gasteiger partial charge in [-0.05, 0) is 31.5 Å². The zero-order valence-corrected chi connectivity index (χ0v) is 12.8. The molecular formula is C14H18ClN3O4. The molecule has 3 unspecified atom stereocenters. The molecule has 0 aliphatic carbocycles. The molecule has 4 N–H and O–H groups in total. The second-order valence-electron chi connectivity index (χ2n) is 5.30. The van der Waals surface area contributed by atoms with E-state index in [-0.39, 0.29) is 24.2 Å². The fraction of sp³-hybridized carbons (Fsp3) is 0.429. The summed E-state index contributed by atoms with van der Waals surface area (Å²) in [6, 6.07) is 4.67. The Morgan fingerprint density at radius 3 is 2.91 bits per heavy atom. The van der Waals surface area contributed by atoms with Crippen molar-refractivity contribution in [3.63, 3.8) is 0 Å². The molecule has 22 heavy (non-hydrogen) atoms. The van der Waals surface area contributed by atoms with Crippen LogP contribution in [0.25, 0.3) is 0 Å². The summed E-state index contributed by atoms with van der Waals surface area (Å²) in [5.41, 5.74) is 1.11. The number of aliphatic hydroxyl groups excluding tert-OH is 1.